The highest BCUT2D eigenvalue weighted by Gasteiger charge is 2.37. The number of likely N-dealkylation sites (tertiary alicyclic amines) is 1. The second-order valence-electron chi connectivity index (χ2n) is 6.36. The van der Waals surface area contributed by atoms with Crippen molar-refractivity contribution in [3.8, 4) is 0 Å². The van der Waals surface area contributed by atoms with E-state index >= 15 is 0 Å². The zero-order valence-corrected chi connectivity index (χ0v) is 14.7. The minimum Gasteiger partial charge on any atom is -0.354 e. The van der Waals surface area contributed by atoms with Crippen molar-refractivity contribution in [1.82, 2.24) is 10.2 Å². The van der Waals surface area contributed by atoms with Gasteiger partial charge < -0.3 is 16.0 Å². The number of rotatable bonds is 5. The molecule has 3 N–H and O–H groups in total. The molecule has 0 spiro atoms. The van der Waals surface area contributed by atoms with Crippen LogP contribution in [0.3, 0.4) is 0 Å². The van der Waals surface area contributed by atoms with Crippen molar-refractivity contribution < 1.29 is 4.79 Å². The summed E-state index contributed by atoms with van der Waals surface area (Å²) in [4.78, 5) is 14.7. The molecule has 1 aliphatic carbocycles. The molecule has 6 heteroatoms. The van der Waals surface area contributed by atoms with Gasteiger partial charge in [0.2, 0.25) is 5.91 Å². The Kier molecular flexibility index (Phi) is 9.87. The first-order valence-corrected chi connectivity index (χ1v) is 7.93. The highest BCUT2D eigenvalue weighted by atomic mass is 35.5. The second kappa shape index (κ2) is 9.88. The first-order chi connectivity index (χ1) is 9.14. The lowest BCUT2D eigenvalue weighted by molar-refractivity contribution is -0.126. The van der Waals surface area contributed by atoms with E-state index in [0.717, 1.165) is 32.2 Å². The molecular weight excluding hydrogens is 309 g/mol. The van der Waals surface area contributed by atoms with Gasteiger partial charge in [0.1, 0.15) is 0 Å². The Morgan fingerprint density at radius 3 is 2.33 bits per heavy atom. The maximum atomic E-state index is 12.1. The van der Waals surface area contributed by atoms with E-state index in [9.17, 15) is 4.79 Å². The van der Waals surface area contributed by atoms with Crippen molar-refractivity contribution in [2.24, 2.45) is 11.7 Å². The molecule has 126 valence electrons. The molecule has 2 rings (SSSR count). The SMILES string of the molecule is CCCN1CCC(CNC(=O)C2(N)CCCC2)CC1.Cl.Cl. The lowest BCUT2D eigenvalue weighted by Crippen LogP contribution is -2.53. The minimum absolute atomic E-state index is 0. The number of carbonyl (C=O) groups is 1. The van der Waals surface area contributed by atoms with Crippen molar-refractivity contribution in [3.05, 3.63) is 0 Å². The molecule has 4 nitrogen and oxygen atoms in total. The Hall–Kier alpha value is -0.0300. The van der Waals surface area contributed by atoms with Gasteiger partial charge in [-0.1, -0.05) is 19.8 Å². The Morgan fingerprint density at radius 1 is 1.24 bits per heavy atom. The number of piperidine rings is 1. The molecule has 0 radical (unpaired) electrons. The molecule has 1 heterocycles. The van der Waals surface area contributed by atoms with Crippen LogP contribution in [0.1, 0.15) is 51.9 Å². The topological polar surface area (TPSA) is 58.4 Å². The number of nitrogens with one attached hydrogen (secondary N) is 1. The fourth-order valence-electron chi connectivity index (χ4n) is 3.38. The van der Waals surface area contributed by atoms with Crippen LogP contribution < -0.4 is 11.1 Å². The molecule has 2 fully saturated rings. The number of nitrogens with zero attached hydrogens (tertiary/aromatic N) is 1. The molecule has 0 bridgehead atoms. The molecule has 0 aromatic heterocycles. The van der Waals surface area contributed by atoms with Crippen molar-refractivity contribution in [1.29, 1.82) is 0 Å². The maximum absolute atomic E-state index is 12.1. The van der Waals surface area contributed by atoms with Gasteiger partial charge in [-0.3, -0.25) is 4.79 Å². The molecule has 1 amide bonds. The van der Waals surface area contributed by atoms with Crippen LogP contribution in [0, 0.1) is 5.92 Å². The molecule has 0 atom stereocenters. The number of halogens is 2. The predicted octanol–water partition coefficient (Wildman–Crippen LogP) is 2.34. The average molecular weight is 340 g/mol. The van der Waals surface area contributed by atoms with Gasteiger partial charge in [0.05, 0.1) is 5.54 Å². The molecular formula is C15H31Cl2N3O. The van der Waals surface area contributed by atoms with Crippen molar-refractivity contribution >= 4 is 30.7 Å². The molecule has 21 heavy (non-hydrogen) atoms. The summed E-state index contributed by atoms with van der Waals surface area (Å²) in [7, 11) is 0. The van der Waals surface area contributed by atoms with Crippen LogP contribution in [-0.4, -0.2) is 42.5 Å². The summed E-state index contributed by atoms with van der Waals surface area (Å²) in [5.41, 5.74) is 5.59. The van der Waals surface area contributed by atoms with E-state index in [-0.39, 0.29) is 30.7 Å². The van der Waals surface area contributed by atoms with Crippen LogP contribution >= 0.6 is 24.8 Å². The fraction of sp³-hybridized carbons (Fsp3) is 0.933. The van der Waals surface area contributed by atoms with E-state index in [1.807, 2.05) is 0 Å². The number of nitrogens with two attached hydrogens (primary N) is 1. The van der Waals surface area contributed by atoms with Gasteiger partial charge in [-0.25, -0.2) is 0 Å². The summed E-state index contributed by atoms with van der Waals surface area (Å²) < 4.78 is 0. The summed E-state index contributed by atoms with van der Waals surface area (Å²) in [5, 5.41) is 3.10. The van der Waals surface area contributed by atoms with Gasteiger partial charge in [-0.2, -0.15) is 0 Å². The van der Waals surface area contributed by atoms with E-state index in [1.54, 1.807) is 0 Å². The number of hydrogen-bond donors (Lipinski definition) is 2. The zero-order chi connectivity index (χ0) is 13.7. The molecule has 0 unspecified atom stereocenters. The summed E-state index contributed by atoms with van der Waals surface area (Å²) in [6.45, 7) is 6.63. The van der Waals surface area contributed by atoms with Crippen LogP contribution in [0.2, 0.25) is 0 Å². The van der Waals surface area contributed by atoms with E-state index < -0.39 is 5.54 Å². The van der Waals surface area contributed by atoms with Crippen molar-refractivity contribution in [2.75, 3.05) is 26.2 Å². The largest absolute Gasteiger partial charge is 0.354 e. The first kappa shape index (κ1) is 21.0. The molecule has 0 aromatic carbocycles. The minimum atomic E-state index is -0.567. The third-order valence-corrected chi connectivity index (χ3v) is 4.75. The Balaban J connectivity index is 0.00000200. The predicted molar refractivity (Wildman–Crippen MR) is 92.3 cm³/mol. The molecule has 0 aromatic rings. The van der Waals surface area contributed by atoms with Crippen LogP contribution in [0.15, 0.2) is 0 Å². The van der Waals surface area contributed by atoms with Crippen molar-refractivity contribution in [3.63, 3.8) is 0 Å². The third-order valence-electron chi connectivity index (χ3n) is 4.75. The molecule has 1 aliphatic heterocycles. The summed E-state index contributed by atoms with van der Waals surface area (Å²) >= 11 is 0. The summed E-state index contributed by atoms with van der Waals surface area (Å²) in [6, 6.07) is 0. The monoisotopic (exact) mass is 339 g/mol. The quantitative estimate of drug-likeness (QED) is 0.808. The summed E-state index contributed by atoms with van der Waals surface area (Å²) in [5.74, 6) is 0.725. The second-order valence-corrected chi connectivity index (χ2v) is 6.36. The summed E-state index contributed by atoms with van der Waals surface area (Å²) in [6.07, 6.45) is 7.55. The fourth-order valence-corrected chi connectivity index (χ4v) is 3.38. The van der Waals surface area contributed by atoms with Gasteiger partial charge in [0, 0.05) is 6.54 Å². The number of amides is 1. The first-order valence-electron chi connectivity index (χ1n) is 7.93. The third kappa shape index (κ3) is 5.93. The zero-order valence-electron chi connectivity index (χ0n) is 13.1. The van der Waals surface area contributed by atoms with Crippen molar-refractivity contribution in [2.45, 2.75) is 57.4 Å². The van der Waals surface area contributed by atoms with Crippen LogP contribution in [0.5, 0.6) is 0 Å². The van der Waals surface area contributed by atoms with Crippen LogP contribution in [0.25, 0.3) is 0 Å². The highest BCUT2D eigenvalue weighted by Crippen LogP contribution is 2.27. The number of hydrogen-bond acceptors (Lipinski definition) is 3. The Morgan fingerprint density at radius 2 is 1.81 bits per heavy atom. The smallest absolute Gasteiger partial charge is 0.240 e. The van der Waals surface area contributed by atoms with Gasteiger partial charge in [0.25, 0.3) is 0 Å². The van der Waals surface area contributed by atoms with E-state index in [4.69, 9.17) is 5.73 Å². The Labute approximate surface area is 141 Å². The maximum Gasteiger partial charge on any atom is 0.240 e. The van der Waals surface area contributed by atoms with E-state index in [1.165, 1.54) is 38.9 Å². The van der Waals surface area contributed by atoms with Gasteiger partial charge in [-0.15, -0.1) is 24.8 Å². The van der Waals surface area contributed by atoms with E-state index in [2.05, 4.69) is 17.1 Å². The van der Waals surface area contributed by atoms with Crippen LogP contribution in [-0.2, 0) is 4.79 Å². The van der Waals surface area contributed by atoms with E-state index in [0.29, 0.717) is 5.92 Å². The Bertz CT molecular complexity index is 301. The normalized spacial score (nSPS) is 22.2. The molecule has 2 aliphatic rings. The molecule has 1 saturated carbocycles. The van der Waals surface area contributed by atoms with Gasteiger partial charge in [-0.05, 0) is 57.7 Å². The standard InChI is InChI=1S/C15H29N3O.2ClH/c1-2-9-18-10-5-13(6-11-18)12-17-14(19)15(16)7-3-4-8-15;;/h13H,2-12,16H2,1H3,(H,17,19);2*1H. The van der Waals surface area contributed by atoms with Crippen LogP contribution in [0.4, 0.5) is 0 Å². The highest BCUT2D eigenvalue weighted by molar-refractivity contribution is 5.86. The van der Waals surface area contributed by atoms with Gasteiger partial charge >= 0.3 is 0 Å². The number of carbonyl (C=O) groups excluding carboxylic acids is 1. The average Bonchev–Trinajstić information content (AvgIpc) is 2.86. The lowest BCUT2D eigenvalue weighted by Gasteiger charge is -2.32. The lowest BCUT2D eigenvalue weighted by atomic mass is 9.94. The van der Waals surface area contributed by atoms with Gasteiger partial charge in [0.15, 0.2) is 0 Å². The molecule has 1 saturated heterocycles.